The lowest BCUT2D eigenvalue weighted by molar-refractivity contribution is 0.821. The molecule has 7 heteroatoms. The van der Waals surface area contributed by atoms with E-state index < -0.39 is 11.2 Å². The second-order valence-corrected chi connectivity index (χ2v) is 6.10. The van der Waals surface area contributed by atoms with Crippen LogP contribution in [0.5, 0.6) is 0 Å². The Morgan fingerprint density at radius 1 is 1.29 bits per heavy atom. The third kappa shape index (κ3) is 1.77. The van der Waals surface area contributed by atoms with E-state index >= 15 is 0 Å². The van der Waals surface area contributed by atoms with Gasteiger partial charge in [0.05, 0.1) is 5.92 Å². The molecule has 1 unspecified atom stereocenters. The van der Waals surface area contributed by atoms with Gasteiger partial charge in [-0.3, -0.25) is 14.3 Å². The third-order valence-electron chi connectivity index (χ3n) is 3.80. The van der Waals surface area contributed by atoms with Crippen LogP contribution >= 0.6 is 11.8 Å². The second kappa shape index (κ2) is 4.36. The Kier molecular flexibility index (Phi) is 2.58. The molecule has 0 amide bonds. The smallest absolute Gasteiger partial charge is 0.329 e. The predicted molar refractivity (Wildman–Crippen MR) is 81.0 cm³/mol. The lowest BCUT2D eigenvalue weighted by Gasteiger charge is -2.06. The Labute approximate surface area is 123 Å². The lowest BCUT2D eigenvalue weighted by atomic mass is 10.0. The SMILES string of the molecule is Cn1c(=O)[nH]c(=O)c2[nH]c(C3CSc4ccccc43)nc21. The van der Waals surface area contributed by atoms with Gasteiger partial charge in [0.15, 0.2) is 5.65 Å². The highest BCUT2D eigenvalue weighted by Gasteiger charge is 2.27. The van der Waals surface area contributed by atoms with Crippen LogP contribution in [0.25, 0.3) is 11.2 Å². The number of hydrogen-bond donors (Lipinski definition) is 2. The molecule has 4 rings (SSSR count). The fraction of sp³-hybridized carbons (Fsp3) is 0.214. The topological polar surface area (TPSA) is 83.5 Å². The number of nitrogens with one attached hydrogen (secondary N) is 2. The summed E-state index contributed by atoms with van der Waals surface area (Å²) in [7, 11) is 1.60. The number of aryl methyl sites for hydroxylation is 1. The molecule has 1 aromatic carbocycles. The van der Waals surface area contributed by atoms with Crippen molar-refractivity contribution in [3.63, 3.8) is 0 Å². The van der Waals surface area contributed by atoms with Gasteiger partial charge < -0.3 is 4.98 Å². The van der Waals surface area contributed by atoms with Crippen molar-refractivity contribution in [2.75, 3.05) is 5.75 Å². The molecule has 0 saturated heterocycles. The van der Waals surface area contributed by atoms with Crippen molar-refractivity contribution >= 4 is 22.9 Å². The van der Waals surface area contributed by atoms with E-state index in [9.17, 15) is 9.59 Å². The van der Waals surface area contributed by atoms with Crippen LogP contribution in [0.3, 0.4) is 0 Å². The van der Waals surface area contributed by atoms with Gasteiger partial charge >= 0.3 is 5.69 Å². The van der Waals surface area contributed by atoms with Gasteiger partial charge in [0.25, 0.3) is 5.56 Å². The molecule has 1 aliphatic rings. The van der Waals surface area contributed by atoms with E-state index in [1.54, 1.807) is 18.8 Å². The average molecular weight is 300 g/mol. The summed E-state index contributed by atoms with van der Waals surface area (Å²) in [6.45, 7) is 0. The van der Waals surface area contributed by atoms with Crippen LogP contribution < -0.4 is 11.2 Å². The number of nitrogens with zero attached hydrogens (tertiary/aromatic N) is 2. The normalized spacial score (nSPS) is 17.3. The minimum absolute atomic E-state index is 0.119. The fourth-order valence-electron chi connectivity index (χ4n) is 2.68. The predicted octanol–water partition coefficient (Wildman–Crippen LogP) is 1.19. The van der Waals surface area contributed by atoms with E-state index in [1.165, 1.54) is 15.0 Å². The van der Waals surface area contributed by atoms with Gasteiger partial charge in [-0.05, 0) is 11.6 Å². The number of rotatable bonds is 1. The van der Waals surface area contributed by atoms with Gasteiger partial charge in [-0.2, -0.15) is 0 Å². The van der Waals surface area contributed by atoms with Crippen molar-refractivity contribution in [1.29, 1.82) is 0 Å². The first kappa shape index (κ1) is 12.5. The first-order valence-electron chi connectivity index (χ1n) is 6.56. The maximum Gasteiger partial charge on any atom is 0.329 e. The molecule has 3 heterocycles. The molecular weight excluding hydrogens is 288 g/mol. The van der Waals surface area contributed by atoms with Crippen molar-refractivity contribution in [2.24, 2.45) is 7.05 Å². The molecule has 1 atom stereocenters. The van der Waals surface area contributed by atoms with Gasteiger partial charge in [-0.25, -0.2) is 9.78 Å². The molecule has 2 aromatic heterocycles. The van der Waals surface area contributed by atoms with Crippen molar-refractivity contribution < 1.29 is 0 Å². The molecule has 0 aliphatic carbocycles. The van der Waals surface area contributed by atoms with Crippen LogP contribution in [-0.4, -0.2) is 25.3 Å². The zero-order chi connectivity index (χ0) is 14.6. The summed E-state index contributed by atoms with van der Waals surface area (Å²) in [6, 6.07) is 8.19. The summed E-state index contributed by atoms with van der Waals surface area (Å²) >= 11 is 1.78. The number of H-pyrrole nitrogens is 2. The van der Waals surface area contributed by atoms with Crippen LogP contribution in [0.15, 0.2) is 38.8 Å². The molecule has 0 fully saturated rings. The average Bonchev–Trinajstić information content (AvgIpc) is 3.09. The first-order chi connectivity index (χ1) is 10.1. The van der Waals surface area contributed by atoms with E-state index in [0.29, 0.717) is 11.2 Å². The summed E-state index contributed by atoms with van der Waals surface area (Å²) in [4.78, 5) is 34.6. The number of hydrogen-bond acceptors (Lipinski definition) is 4. The molecule has 2 N–H and O–H groups in total. The molecule has 6 nitrogen and oxygen atoms in total. The lowest BCUT2D eigenvalue weighted by Crippen LogP contribution is -2.28. The van der Waals surface area contributed by atoms with Crippen LogP contribution in [0.1, 0.15) is 17.3 Å². The van der Waals surface area contributed by atoms with Crippen LogP contribution in [0, 0.1) is 0 Å². The first-order valence-corrected chi connectivity index (χ1v) is 7.54. The van der Waals surface area contributed by atoms with Gasteiger partial charge in [0.2, 0.25) is 0 Å². The number of aromatic nitrogens is 4. The molecule has 106 valence electrons. The summed E-state index contributed by atoms with van der Waals surface area (Å²) in [5, 5.41) is 0. The van der Waals surface area contributed by atoms with E-state index in [2.05, 4.69) is 27.1 Å². The van der Waals surface area contributed by atoms with Gasteiger partial charge in [-0.15, -0.1) is 11.8 Å². The van der Waals surface area contributed by atoms with Gasteiger partial charge in [0.1, 0.15) is 11.3 Å². The fourth-order valence-corrected chi connectivity index (χ4v) is 3.91. The Balaban J connectivity index is 1.94. The largest absolute Gasteiger partial charge is 0.336 e. The molecular formula is C14H12N4O2S. The highest BCUT2D eigenvalue weighted by molar-refractivity contribution is 7.99. The van der Waals surface area contributed by atoms with Crippen LogP contribution in [0.4, 0.5) is 0 Å². The second-order valence-electron chi connectivity index (χ2n) is 5.04. The minimum Gasteiger partial charge on any atom is -0.336 e. The quantitative estimate of drug-likeness (QED) is 0.707. The van der Waals surface area contributed by atoms with E-state index in [4.69, 9.17) is 0 Å². The summed E-state index contributed by atoms with van der Waals surface area (Å²) in [5.41, 5.74) is 1.08. The monoisotopic (exact) mass is 300 g/mol. The molecule has 21 heavy (non-hydrogen) atoms. The highest BCUT2D eigenvalue weighted by atomic mass is 32.2. The van der Waals surface area contributed by atoms with E-state index in [0.717, 1.165) is 11.6 Å². The number of thioether (sulfide) groups is 1. The maximum atomic E-state index is 11.9. The summed E-state index contributed by atoms with van der Waals surface area (Å²) in [6.07, 6.45) is 0. The Hall–Kier alpha value is -2.28. The maximum absolute atomic E-state index is 11.9. The molecule has 3 aromatic rings. The van der Waals surface area contributed by atoms with Crippen LogP contribution in [-0.2, 0) is 7.05 Å². The number of fused-ring (bicyclic) bond motifs is 2. The van der Waals surface area contributed by atoms with Crippen LogP contribution in [0.2, 0.25) is 0 Å². The molecule has 0 saturated carbocycles. The van der Waals surface area contributed by atoms with Gasteiger partial charge in [0, 0.05) is 17.7 Å². The van der Waals surface area contributed by atoms with Crippen molar-refractivity contribution in [3.05, 3.63) is 56.5 Å². The van der Waals surface area contributed by atoms with E-state index in [-0.39, 0.29) is 5.92 Å². The summed E-state index contributed by atoms with van der Waals surface area (Å²) in [5.74, 6) is 1.73. The number of aromatic amines is 2. The molecule has 1 aliphatic heterocycles. The van der Waals surface area contributed by atoms with Crippen molar-refractivity contribution in [2.45, 2.75) is 10.8 Å². The van der Waals surface area contributed by atoms with Gasteiger partial charge in [-0.1, -0.05) is 18.2 Å². The number of benzene rings is 1. The summed E-state index contributed by atoms with van der Waals surface area (Å²) < 4.78 is 1.35. The van der Waals surface area contributed by atoms with Crippen molar-refractivity contribution in [3.8, 4) is 0 Å². The zero-order valence-electron chi connectivity index (χ0n) is 11.2. The Bertz CT molecular complexity index is 969. The van der Waals surface area contributed by atoms with E-state index in [1.807, 2.05) is 12.1 Å². The molecule has 0 bridgehead atoms. The Morgan fingerprint density at radius 2 is 2.10 bits per heavy atom. The zero-order valence-corrected chi connectivity index (χ0v) is 12.0. The standard InChI is InChI=1S/C14H12N4O2S/c1-18-12-10(13(19)17-14(18)20)15-11(16-12)8-6-21-9-5-3-2-4-7(8)9/h2-5,8H,6H2,1H3,(H,15,16)(H,17,19,20). The van der Waals surface area contributed by atoms with Crippen molar-refractivity contribution in [1.82, 2.24) is 19.5 Å². The number of imidazole rings is 1. The molecule has 0 radical (unpaired) electrons. The highest BCUT2D eigenvalue weighted by Crippen LogP contribution is 2.41. The minimum atomic E-state index is -0.452. The third-order valence-corrected chi connectivity index (χ3v) is 4.99. The Morgan fingerprint density at radius 3 is 2.95 bits per heavy atom. The molecule has 0 spiro atoms.